The lowest BCUT2D eigenvalue weighted by Crippen LogP contribution is -2.08. The molecule has 0 aliphatic heterocycles. The molecule has 0 unspecified atom stereocenters. The van der Waals surface area contributed by atoms with Crippen molar-refractivity contribution in [1.82, 2.24) is 9.55 Å². The lowest BCUT2D eigenvalue weighted by atomic mass is 10.2. The predicted molar refractivity (Wildman–Crippen MR) is 63.0 cm³/mol. The molecule has 19 heavy (non-hydrogen) atoms. The number of rotatable bonds is 2. The fourth-order valence-electron chi connectivity index (χ4n) is 1.51. The molecule has 0 saturated carbocycles. The lowest BCUT2D eigenvalue weighted by molar-refractivity contribution is -0.137. The number of pyridine rings is 1. The molecule has 0 aromatic carbocycles. The van der Waals surface area contributed by atoms with Crippen molar-refractivity contribution in [2.75, 3.05) is 0 Å². The van der Waals surface area contributed by atoms with E-state index in [0.717, 1.165) is 12.3 Å². The van der Waals surface area contributed by atoms with Crippen LogP contribution in [0, 0.1) is 0 Å². The minimum atomic E-state index is -4.50. The van der Waals surface area contributed by atoms with E-state index in [1.54, 1.807) is 18.3 Å². The summed E-state index contributed by atoms with van der Waals surface area (Å²) in [5.74, 6) is 0.120. The fourth-order valence-corrected chi connectivity index (χ4v) is 1.77. The SMILES string of the molecule is O/N=C\c1cccn1-c1ncc(C(F)(F)F)cc1Cl. The molecule has 0 saturated heterocycles. The van der Waals surface area contributed by atoms with Crippen molar-refractivity contribution in [1.29, 1.82) is 0 Å². The standard InChI is InChI=1S/C11H7ClF3N3O/c12-9-4-7(11(13,14)15)5-16-10(9)18-3-1-2-8(18)6-17-19/h1-6,19H/b17-6-. The van der Waals surface area contributed by atoms with E-state index in [9.17, 15) is 13.2 Å². The molecule has 0 bridgehead atoms. The molecule has 0 amide bonds. The van der Waals surface area contributed by atoms with Gasteiger partial charge in [0.2, 0.25) is 0 Å². The quantitative estimate of drug-likeness (QED) is 0.523. The molecular weight excluding hydrogens is 283 g/mol. The zero-order valence-electron chi connectivity index (χ0n) is 9.26. The van der Waals surface area contributed by atoms with Gasteiger partial charge in [0.05, 0.1) is 22.5 Å². The Morgan fingerprint density at radius 3 is 2.74 bits per heavy atom. The topological polar surface area (TPSA) is 50.4 Å². The summed E-state index contributed by atoms with van der Waals surface area (Å²) in [6.07, 6.45) is -1.14. The average Bonchev–Trinajstić information content (AvgIpc) is 2.76. The third-order valence-electron chi connectivity index (χ3n) is 2.35. The normalized spacial score (nSPS) is 12.2. The Labute approximate surface area is 110 Å². The molecule has 0 aliphatic carbocycles. The van der Waals surface area contributed by atoms with Crippen molar-refractivity contribution in [3.05, 3.63) is 46.9 Å². The minimum absolute atomic E-state index is 0.120. The number of hydrogen-bond donors (Lipinski definition) is 1. The molecule has 8 heteroatoms. The number of halogens is 4. The second-order valence-corrected chi connectivity index (χ2v) is 3.98. The maximum atomic E-state index is 12.5. The van der Waals surface area contributed by atoms with Gasteiger partial charge in [-0.25, -0.2) is 4.98 Å². The van der Waals surface area contributed by atoms with Gasteiger partial charge in [-0.1, -0.05) is 16.8 Å². The summed E-state index contributed by atoms with van der Waals surface area (Å²) in [5.41, 5.74) is -0.498. The van der Waals surface area contributed by atoms with Crippen LogP contribution in [-0.4, -0.2) is 21.0 Å². The summed E-state index contributed by atoms with van der Waals surface area (Å²) in [5, 5.41) is 11.2. The lowest BCUT2D eigenvalue weighted by Gasteiger charge is -2.10. The van der Waals surface area contributed by atoms with E-state index in [0.29, 0.717) is 11.9 Å². The Bertz CT molecular complexity index is 622. The molecule has 1 N–H and O–H groups in total. The summed E-state index contributed by atoms with van der Waals surface area (Å²) in [4.78, 5) is 3.70. The highest BCUT2D eigenvalue weighted by Gasteiger charge is 2.31. The number of nitrogens with zero attached hydrogens (tertiary/aromatic N) is 3. The number of alkyl halides is 3. The summed E-state index contributed by atoms with van der Waals surface area (Å²) in [6, 6.07) is 4.01. The minimum Gasteiger partial charge on any atom is -0.411 e. The molecule has 0 radical (unpaired) electrons. The van der Waals surface area contributed by atoms with Gasteiger partial charge in [0, 0.05) is 12.4 Å². The highest BCUT2D eigenvalue weighted by atomic mass is 35.5. The van der Waals surface area contributed by atoms with E-state index >= 15 is 0 Å². The molecule has 0 atom stereocenters. The van der Waals surface area contributed by atoms with Crippen LogP contribution >= 0.6 is 11.6 Å². The highest BCUT2D eigenvalue weighted by molar-refractivity contribution is 6.32. The Balaban J connectivity index is 2.49. The van der Waals surface area contributed by atoms with E-state index in [-0.39, 0.29) is 10.8 Å². The second kappa shape index (κ2) is 4.93. The van der Waals surface area contributed by atoms with Gasteiger partial charge in [0.15, 0.2) is 5.82 Å². The van der Waals surface area contributed by atoms with E-state index in [1.807, 2.05) is 0 Å². The molecule has 0 aliphatic rings. The van der Waals surface area contributed by atoms with Gasteiger partial charge in [0.25, 0.3) is 0 Å². The number of aromatic nitrogens is 2. The van der Waals surface area contributed by atoms with Crippen molar-refractivity contribution in [3.8, 4) is 5.82 Å². The predicted octanol–water partition coefficient (Wildman–Crippen LogP) is 3.35. The largest absolute Gasteiger partial charge is 0.417 e. The van der Waals surface area contributed by atoms with Crippen LogP contribution in [0.15, 0.2) is 35.7 Å². The molecule has 2 aromatic rings. The molecule has 2 heterocycles. The molecule has 0 spiro atoms. The summed E-state index contributed by atoms with van der Waals surface area (Å²) >= 11 is 5.81. The van der Waals surface area contributed by atoms with Gasteiger partial charge in [-0.2, -0.15) is 13.2 Å². The van der Waals surface area contributed by atoms with E-state index in [1.165, 1.54) is 4.57 Å². The second-order valence-electron chi connectivity index (χ2n) is 3.57. The Morgan fingerprint density at radius 1 is 1.42 bits per heavy atom. The van der Waals surface area contributed by atoms with Crippen molar-refractivity contribution < 1.29 is 18.4 Å². The van der Waals surface area contributed by atoms with Gasteiger partial charge in [-0.3, -0.25) is 4.57 Å². The Kier molecular flexibility index (Phi) is 3.48. The van der Waals surface area contributed by atoms with E-state index in [4.69, 9.17) is 16.8 Å². The van der Waals surface area contributed by atoms with Crippen molar-refractivity contribution in [2.45, 2.75) is 6.18 Å². The first kappa shape index (κ1) is 13.4. The molecule has 4 nitrogen and oxygen atoms in total. The first-order chi connectivity index (χ1) is 8.93. The van der Waals surface area contributed by atoms with Crippen LogP contribution in [0.3, 0.4) is 0 Å². The average molecular weight is 290 g/mol. The molecule has 100 valence electrons. The summed E-state index contributed by atoms with van der Waals surface area (Å²) in [6.45, 7) is 0. The first-order valence-corrected chi connectivity index (χ1v) is 5.39. The van der Waals surface area contributed by atoms with Crippen molar-refractivity contribution in [2.24, 2.45) is 5.16 Å². The summed E-state index contributed by atoms with van der Waals surface area (Å²) in [7, 11) is 0. The van der Waals surface area contributed by atoms with Crippen LogP contribution in [0.1, 0.15) is 11.3 Å². The number of hydrogen-bond acceptors (Lipinski definition) is 3. The van der Waals surface area contributed by atoms with Crippen LogP contribution in [0.5, 0.6) is 0 Å². The zero-order chi connectivity index (χ0) is 14.0. The van der Waals surface area contributed by atoms with Gasteiger partial charge in [-0.15, -0.1) is 0 Å². The zero-order valence-corrected chi connectivity index (χ0v) is 10.0. The van der Waals surface area contributed by atoms with Gasteiger partial charge in [-0.05, 0) is 18.2 Å². The molecule has 2 rings (SSSR count). The van der Waals surface area contributed by atoms with Crippen LogP contribution < -0.4 is 0 Å². The smallest absolute Gasteiger partial charge is 0.411 e. The number of oxime groups is 1. The van der Waals surface area contributed by atoms with Crippen LogP contribution in [0.25, 0.3) is 5.82 Å². The third kappa shape index (κ3) is 2.70. The highest BCUT2D eigenvalue weighted by Crippen LogP contribution is 2.32. The van der Waals surface area contributed by atoms with Crippen molar-refractivity contribution >= 4 is 17.8 Å². The fraction of sp³-hybridized carbons (Fsp3) is 0.0909. The monoisotopic (exact) mass is 289 g/mol. The van der Waals surface area contributed by atoms with E-state index in [2.05, 4.69) is 10.1 Å². The maximum Gasteiger partial charge on any atom is 0.417 e. The molecule has 2 aromatic heterocycles. The Morgan fingerprint density at radius 2 is 2.16 bits per heavy atom. The maximum absolute atomic E-state index is 12.5. The molecule has 0 fully saturated rings. The van der Waals surface area contributed by atoms with Crippen LogP contribution in [-0.2, 0) is 6.18 Å². The third-order valence-corrected chi connectivity index (χ3v) is 2.63. The Hall–Kier alpha value is -2.02. The van der Waals surface area contributed by atoms with Crippen LogP contribution in [0.2, 0.25) is 5.02 Å². The van der Waals surface area contributed by atoms with Crippen molar-refractivity contribution in [3.63, 3.8) is 0 Å². The van der Waals surface area contributed by atoms with Gasteiger partial charge >= 0.3 is 6.18 Å². The van der Waals surface area contributed by atoms with E-state index < -0.39 is 11.7 Å². The molecular formula is C11H7ClF3N3O. The summed E-state index contributed by atoms with van der Waals surface area (Å²) < 4.78 is 38.9. The van der Waals surface area contributed by atoms with Gasteiger partial charge in [0.1, 0.15) is 0 Å². The van der Waals surface area contributed by atoms with Gasteiger partial charge < -0.3 is 5.21 Å². The first-order valence-electron chi connectivity index (χ1n) is 5.01. The van der Waals surface area contributed by atoms with Crippen LogP contribution in [0.4, 0.5) is 13.2 Å².